The van der Waals surface area contributed by atoms with E-state index in [9.17, 15) is 9.59 Å². The van der Waals surface area contributed by atoms with Crippen LogP contribution in [0.2, 0.25) is 0 Å². The Kier molecular flexibility index (Phi) is 4.58. The van der Waals surface area contributed by atoms with Gasteiger partial charge in [-0.25, -0.2) is 0 Å². The van der Waals surface area contributed by atoms with E-state index in [0.717, 1.165) is 22.3 Å². The SMILES string of the molecule is NC(=O)C(Cc1ccc(C=O)s1)(c1ccccc1)c1ccccc1. The summed E-state index contributed by atoms with van der Waals surface area (Å²) in [5, 5.41) is 0. The fourth-order valence-corrected chi connectivity index (χ4v) is 3.91. The monoisotopic (exact) mass is 335 g/mol. The number of aldehydes is 1. The molecule has 2 aromatic carbocycles. The smallest absolute Gasteiger partial charge is 0.232 e. The molecule has 4 heteroatoms. The second-order valence-electron chi connectivity index (χ2n) is 5.60. The molecule has 0 atom stereocenters. The van der Waals surface area contributed by atoms with Gasteiger partial charge in [-0.15, -0.1) is 11.3 Å². The summed E-state index contributed by atoms with van der Waals surface area (Å²) < 4.78 is 0. The van der Waals surface area contributed by atoms with Crippen molar-refractivity contribution in [2.45, 2.75) is 11.8 Å². The highest BCUT2D eigenvalue weighted by Gasteiger charge is 2.40. The molecule has 0 aliphatic rings. The molecule has 3 aromatic rings. The fraction of sp³-hybridized carbons (Fsp3) is 0.100. The second kappa shape index (κ2) is 6.81. The number of amides is 1. The topological polar surface area (TPSA) is 60.2 Å². The largest absolute Gasteiger partial charge is 0.369 e. The number of carbonyl (C=O) groups is 2. The second-order valence-corrected chi connectivity index (χ2v) is 6.80. The fourth-order valence-electron chi connectivity index (χ4n) is 3.00. The summed E-state index contributed by atoms with van der Waals surface area (Å²) >= 11 is 1.39. The van der Waals surface area contributed by atoms with Crippen LogP contribution in [0.5, 0.6) is 0 Å². The van der Waals surface area contributed by atoms with Crippen molar-refractivity contribution in [1.82, 2.24) is 0 Å². The van der Waals surface area contributed by atoms with Gasteiger partial charge in [-0.1, -0.05) is 60.7 Å². The van der Waals surface area contributed by atoms with Crippen molar-refractivity contribution in [3.05, 3.63) is 93.7 Å². The van der Waals surface area contributed by atoms with Crippen molar-refractivity contribution in [1.29, 1.82) is 0 Å². The zero-order valence-electron chi connectivity index (χ0n) is 13.0. The Morgan fingerprint density at radius 1 is 0.917 bits per heavy atom. The van der Waals surface area contributed by atoms with Gasteiger partial charge in [0, 0.05) is 11.3 Å². The Balaban J connectivity index is 2.18. The van der Waals surface area contributed by atoms with Gasteiger partial charge in [0.15, 0.2) is 6.29 Å². The van der Waals surface area contributed by atoms with Gasteiger partial charge in [-0.05, 0) is 23.3 Å². The van der Waals surface area contributed by atoms with Gasteiger partial charge >= 0.3 is 0 Å². The predicted octanol–water partition coefficient (Wildman–Crippen LogP) is 3.57. The van der Waals surface area contributed by atoms with E-state index in [-0.39, 0.29) is 0 Å². The van der Waals surface area contributed by atoms with Crippen molar-refractivity contribution in [3.63, 3.8) is 0 Å². The van der Waals surface area contributed by atoms with Gasteiger partial charge in [0.05, 0.1) is 4.88 Å². The molecule has 0 fully saturated rings. The lowest BCUT2D eigenvalue weighted by molar-refractivity contribution is -0.122. The molecular weight excluding hydrogens is 318 g/mol. The molecule has 3 nitrogen and oxygen atoms in total. The lowest BCUT2D eigenvalue weighted by atomic mass is 9.71. The molecule has 0 unspecified atom stereocenters. The third-order valence-electron chi connectivity index (χ3n) is 4.19. The Bertz CT molecular complexity index is 801. The number of hydrogen-bond acceptors (Lipinski definition) is 3. The molecule has 0 aliphatic carbocycles. The van der Waals surface area contributed by atoms with Gasteiger partial charge in [0.1, 0.15) is 5.41 Å². The number of rotatable bonds is 6. The van der Waals surface area contributed by atoms with Crippen LogP contribution in [0, 0.1) is 0 Å². The first-order chi connectivity index (χ1) is 11.7. The summed E-state index contributed by atoms with van der Waals surface area (Å²) in [7, 11) is 0. The molecule has 0 radical (unpaired) electrons. The first-order valence-electron chi connectivity index (χ1n) is 7.61. The van der Waals surface area contributed by atoms with Crippen LogP contribution in [0.3, 0.4) is 0 Å². The van der Waals surface area contributed by atoms with Crippen molar-refractivity contribution in [2.75, 3.05) is 0 Å². The molecule has 1 heterocycles. The van der Waals surface area contributed by atoms with Gasteiger partial charge in [0.25, 0.3) is 0 Å². The molecule has 0 spiro atoms. The highest BCUT2D eigenvalue weighted by molar-refractivity contribution is 7.13. The Morgan fingerprint density at radius 2 is 1.46 bits per heavy atom. The van der Waals surface area contributed by atoms with Crippen LogP contribution < -0.4 is 5.73 Å². The summed E-state index contributed by atoms with van der Waals surface area (Å²) in [5.41, 5.74) is 6.66. The summed E-state index contributed by atoms with van der Waals surface area (Å²) in [6.45, 7) is 0. The van der Waals surface area contributed by atoms with Crippen LogP contribution in [0.15, 0.2) is 72.8 Å². The minimum atomic E-state index is -0.965. The van der Waals surface area contributed by atoms with Crippen molar-refractivity contribution in [2.24, 2.45) is 5.73 Å². The molecule has 1 aromatic heterocycles. The van der Waals surface area contributed by atoms with E-state index in [0.29, 0.717) is 11.3 Å². The van der Waals surface area contributed by atoms with Crippen LogP contribution in [-0.2, 0) is 16.6 Å². The Hall–Kier alpha value is -2.72. The molecule has 1 amide bonds. The lowest BCUT2D eigenvalue weighted by Gasteiger charge is -2.31. The minimum absolute atomic E-state index is 0.402. The maximum Gasteiger partial charge on any atom is 0.232 e. The third kappa shape index (κ3) is 2.88. The quantitative estimate of drug-likeness (QED) is 0.700. The van der Waals surface area contributed by atoms with E-state index < -0.39 is 11.3 Å². The first kappa shape index (κ1) is 16.1. The van der Waals surface area contributed by atoms with E-state index in [2.05, 4.69) is 0 Å². The molecule has 0 saturated heterocycles. The third-order valence-corrected chi connectivity index (χ3v) is 5.20. The molecule has 0 aliphatic heterocycles. The van der Waals surface area contributed by atoms with Crippen LogP contribution in [0.4, 0.5) is 0 Å². The molecule has 0 bridgehead atoms. The maximum atomic E-state index is 12.7. The van der Waals surface area contributed by atoms with E-state index in [4.69, 9.17) is 5.73 Å². The zero-order chi connectivity index (χ0) is 17.0. The maximum absolute atomic E-state index is 12.7. The highest BCUT2D eigenvalue weighted by atomic mass is 32.1. The number of hydrogen-bond donors (Lipinski definition) is 1. The van der Waals surface area contributed by atoms with Crippen molar-refractivity contribution >= 4 is 23.5 Å². The minimum Gasteiger partial charge on any atom is -0.369 e. The van der Waals surface area contributed by atoms with Gasteiger partial charge < -0.3 is 5.73 Å². The standard InChI is InChI=1S/C20H17NO2S/c21-19(23)20(15-7-3-1-4-8-15,16-9-5-2-6-10-16)13-17-11-12-18(14-22)24-17/h1-12,14H,13H2,(H2,21,23). The van der Waals surface area contributed by atoms with Crippen LogP contribution >= 0.6 is 11.3 Å². The number of carbonyl (C=O) groups excluding carboxylic acids is 2. The summed E-state index contributed by atoms with van der Waals surface area (Å²) in [4.78, 5) is 25.2. The van der Waals surface area contributed by atoms with Crippen molar-refractivity contribution < 1.29 is 9.59 Å². The predicted molar refractivity (Wildman–Crippen MR) is 96.3 cm³/mol. The summed E-state index contributed by atoms with van der Waals surface area (Å²) in [6.07, 6.45) is 1.25. The van der Waals surface area contributed by atoms with Crippen molar-refractivity contribution in [3.8, 4) is 0 Å². The van der Waals surface area contributed by atoms with Crippen LogP contribution in [0.1, 0.15) is 25.7 Å². The first-order valence-corrected chi connectivity index (χ1v) is 8.43. The molecule has 3 rings (SSSR count). The molecule has 2 N–H and O–H groups in total. The summed E-state index contributed by atoms with van der Waals surface area (Å²) in [5.74, 6) is -0.402. The zero-order valence-corrected chi connectivity index (χ0v) is 13.8. The van der Waals surface area contributed by atoms with E-state index >= 15 is 0 Å². The van der Waals surface area contributed by atoms with Gasteiger partial charge in [0.2, 0.25) is 5.91 Å². The number of primary amides is 1. The number of nitrogens with two attached hydrogens (primary N) is 1. The number of benzene rings is 2. The van der Waals surface area contributed by atoms with Crippen LogP contribution in [-0.4, -0.2) is 12.2 Å². The van der Waals surface area contributed by atoms with Gasteiger partial charge in [-0.2, -0.15) is 0 Å². The highest BCUT2D eigenvalue weighted by Crippen LogP contribution is 2.37. The van der Waals surface area contributed by atoms with E-state index in [1.807, 2.05) is 66.7 Å². The summed E-state index contributed by atoms with van der Waals surface area (Å²) in [6, 6.07) is 22.8. The van der Waals surface area contributed by atoms with E-state index in [1.165, 1.54) is 11.3 Å². The normalized spacial score (nSPS) is 11.2. The molecule has 24 heavy (non-hydrogen) atoms. The lowest BCUT2D eigenvalue weighted by Crippen LogP contribution is -2.44. The van der Waals surface area contributed by atoms with Gasteiger partial charge in [-0.3, -0.25) is 9.59 Å². The average molecular weight is 335 g/mol. The Labute approximate surface area is 144 Å². The van der Waals surface area contributed by atoms with Crippen LogP contribution in [0.25, 0.3) is 0 Å². The molecular formula is C20H17NO2S. The number of thiophene rings is 1. The molecule has 120 valence electrons. The Morgan fingerprint density at radius 3 is 1.88 bits per heavy atom. The molecule has 0 saturated carbocycles. The average Bonchev–Trinajstić information content (AvgIpc) is 3.08. The van der Waals surface area contributed by atoms with E-state index in [1.54, 1.807) is 6.07 Å².